The van der Waals surface area contributed by atoms with E-state index >= 15 is 0 Å². The van der Waals surface area contributed by atoms with Gasteiger partial charge in [-0.2, -0.15) is 8.42 Å². The maximum atomic E-state index is 11.0. The molecule has 5 nitrogen and oxygen atoms in total. The highest BCUT2D eigenvalue weighted by Crippen LogP contribution is 2.17. The third-order valence-corrected chi connectivity index (χ3v) is 3.71. The molecule has 6 heteroatoms. The Morgan fingerprint density at radius 2 is 1.78 bits per heavy atom. The molecule has 0 bridgehead atoms. The van der Waals surface area contributed by atoms with Gasteiger partial charge < -0.3 is 14.2 Å². The number of benzene rings is 2. The molecule has 0 aliphatic rings. The summed E-state index contributed by atoms with van der Waals surface area (Å²) in [6, 6.07) is 14.9. The van der Waals surface area contributed by atoms with Gasteiger partial charge in [-0.05, 0) is 42.7 Å². The fourth-order valence-electron chi connectivity index (χ4n) is 2.14. The molecule has 0 aromatic heterocycles. The van der Waals surface area contributed by atoms with Crippen LogP contribution in [0.2, 0.25) is 0 Å². The van der Waals surface area contributed by atoms with Gasteiger partial charge in [-0.3, -0.25) is 0 Å². The highest BCUT2D eigenvalue weighted by Gasteiger charge is 2.04. The molecule has 0 aliphatic heterocycles. The quantitative estimate of drug-likeness (QED) is 0.593. The highest BCUT2D eigenvalue weighted by atomic mass is 32.2. The summed E-state index contributed by atoms with van der Waals surface area (Å²) in [4.78, 5) is 0. The maximum Gasteiger partial charge on any atom is 0.306 e. The Bertz CT molecular complexity index is 727. The van der Waals surface area contributed by atoms with Crippen LogP contribution in [0.4, 0.5) is 5.69 Å². The summed E-state index contributed by atoms with van der Waals surface area (Å²) in [5.74, 6) is 1.17. The fourth-order valence-corrected chi connectivity index (χ4v) is 2.61. The lowest BCUT2D eigenvalue weighted by molar-refractivity contribution is 0.415. The van der Waals surface area contributed by atoms with E-state index in [2.05, 4.69) is 5.32 Å². The van der Waals surface area contributed by atoms with Gasteiger partial charge in [0.05, 0.1) is 13.4 Å². The van der Waals surface area contributed by atoms with Crippen molar-refractivity contribution in [2.45, 2.75) is 12.8 Å². The summed E-state index contributed by atoms with van der Waals surface area (Å²) < 4.78 is 32.1. The van der Waals surface area contributed by atoms with Gasteiger partial charge in [0.25, 0.3) is 0 Å². The van der Waals surface area contributed by atoms with Crippen molar-refractivity contribution in [1.82, 2.24) is 0 Å². The second-order valence-corrected chi connectivity index (χ2v) is 6.77. The lowest BCUT2D eigenvalue weighted by Gasteiger charge is -2.08. The van der Waals surface area contributed by atoms with E-state index in [0.717, 1.165) is 42.6 Å². The summed E-state index contributed by atoms with van der Waals surface area (Å²) in [6.45, 7) is 0.842. The van der Waals surface area contributed by atoms with Crippen LogP contribution in [0.25, 0.3) is 0 Å². The van der Waals surface area contributed by atoms with Crippen molar-refractivity contribution < 1.29 is 17.3 Å². The number of rotatable bonds is 8. The van der Waals surface area contributed by atoms with Gasteiger partial charge >= 0.3 is 10.1 Å². The first-order valence-corrected chi connectivity index (χ1v) is 9.14. The van der Waals surface area contributed by atoms with Gasteiger partial charge in [-0.15, -0.1) is 0 Å². The lowest BCUT2D eigenvalue weighted by Crippen LogP contribution is -2.06. The van der Waals surface area contributed by atoms with Crippen LogP contribution in [0.3, 0.4) is 0 Å². The Morgan fingerprint density at radius 3 is 2.43 bits per heavy atom. The van der Waals surface area contributed by atoms with Crippen molar-refractivity contribution in [3.05, 3.63) is 54.1 Å². The molecule has 0 heterocycles. The van der Waals surface area contributed by atoms with Crippen molar-refractivity contribution in [3.8, 4) is 11.5 Å². The van der Waals surface area contributed by atoms with Gasteiger partial charge in [0.1, 0.15) is 11.5 Å². The molecule has 1 N–H and O–H groups in total. The number of hydrogen-bond acceptors (Lipinski definition) is 5. The van der Waals surface area contributed by atoms with Gasteiger partial charge in [-0.1, -0.05) is 18.2 Å². The second kappa shape index (κ2) is 7.87. The molecule has 0 saturated heterocycles. The fraction of sp³-hybridized carbons (Fsp3) is 0.294. The molecule has 0 unspecified atom stereocenters. The van der Waals surface area contributed by atoms with Gasteiger partial charge in [-0.25, -0.2) is 0 Å². The van der Waals surface area contributed by atoms with Crippen molar-refractivity contribution >= 4 is 15.8 Å². The third-order valence-electron chi connectivity index (χ3n) is 3.21. The summed E-state index contributed by atoms with van der Waals surface area (Å²) >= 11 is 0. The Balaban J connectivity index is 1.77. The van der Waals surface area contributed by atoms with E-state index in [9.17, 15) is 8.42 Å². The van der Waals surface area contributed by atoms with E-state index in [4.69, 9.17) is 8.92 Å². The number of ether oxygens (including phenoxy) is 1. The van der Waals surface area contributed by atoms with Gasteiger partial charge in [0, 0.05) is 18.3 Å². The molecule has 2 rings (SSSR count). The maximum absolute atomic E-state index is 11.0. The van der Waals surface area contributed by atoms with Crippen molar-refractivity contribution in [3.63, 3.8) is 0 Å². The molecule has 0 spiro atoms. The molecule has 0 saturated carbocycles. The summed E-state index contributed by atoms with van der Waals surface area (Å²) in [6.07, 6.45) is 2.89. The zero-order valence-corrected chi connectivity index (χ0v) is 14.1. The minimum atomic E-state index is -3.47. The number of methoxy groups -OCH3 is 1. The van der Waals surface area contributed by atoms with Crippen LogP contribution >= 0.6 is 0 Å². The largest absolute Gasteiger partial charge is 0.497 e. The molecule has 0 radical (unpaired) electrons. The van der Waals surface area contributed by atoms with E-state index < -0.39 is 10.1 Å². The first-order chi connectivity index (χ1) is 11.0. The van der Waals surface area contributed by atoms with Crippen molar-refractivity contribution in [2.24, 2.45) is 0 Å². The average molecular weight is 335 g/mol. The van der Waals surface area contributed by atoms with E-state index in [1.807, 2.05) is 36.4 Å². The first-order valence-electron chi connectivity index (χ1n) is 7.32. The Hall–Kier alpha value is -2.21. The van der Waals surface area contributed by atoms with E-state index in [1.165, 1.54) is 0 Å². The molecular weight excluding hydrogens is 314 g/mol. The molecule has 0 atom stereocenters. The Kier molecular flexibility index (Phi) is 5.87. The second-order valence-electron chi connectivity index (χ2n) is 5.19. The third kappa shape index (κ3) is 6.20. The van der Waals surface area contributed by atoms with Crippen LogP contribution < -0.4 is 14.2 Å². The van der Waals surface area contributed by atoms with Crippen LogP contribution in [-0.4, -0.2) is 28.3 Å². The van der Waals surface area contributed by atoms with E-state index in [-0.39, 0.29) is 0 Å². The summed E-state index contributed by atoms with van der Waals surface area (Å²) in [5, 5.41) is 3.35. The number of hydrogen-bond donors (Lipinski definition) is 1. The molecular formula is C17H21NO4S. The Morgan fingerprint density at radius 1 is 1.04 bits per heavy atom. The average Bonchev–Trinajstić information content (AvgIpc) is 2.52. The van der Waals surface area contributed by atoms with Gasteiger partial charge in [0.2, 0.25) is 0 Å². The van der Waals surface area contributed by atoms with Gasteiger partial charge in [0.15, 0.2) is 0 Å². The Labute approximate surface area is 137 Å². The van der Waals surface area contributed by atoms with E-state index in [1.54, 1.807) is 19.2 Å². The topological polar surface area (TPSA) is 64.6 Å². The monoisotopic (exact) mass is 335 g/mol. The molecule has 0 amide bonds. The molecule has 0 fully saturated rings. The smallest absolute Gasteiger partial charge is 0.306 e. The molecule has 2 aromatic rings. The van der Waals surface area contributed by atoms with Crippen molar-refractivity contribution in [2.75, 3.05) is 25.2 Å². The SMILES string of the molecule is COc1cccc(NCCCc2ccc(OS(C)(=O)=O)cc2)c1. The van der Waals surface area contributed by atoms with Crippen LogP contribution in [0.15, 0.2) is 48.5 Å². The van der Waals surface area contributed by atoms with Crippen LogP contribution in [0.5, 0.6) is 11.5 Å². The van der Waals surface area contributed by atoms with Crippen LogP contribution in [-0.2, 0) is 16.5 Å². The minimum Gasteiger partial charge on any atom is -0.497 e. The lowest BCUT2D eigenvalue weighted by atomic mass is 10.1. The molecule has 23 heavy (non-hydrogen) atoms. The van der Waals surface area contributed by atoms with Crippen LogP contribution in [0.1, 0.15) is 12.0 Å². The standard InChI is InChI=1S/C17H21NO4S/c1-21-17-7-3-6-15(13-17)18-12-4-5-14-8-10-16(11-9-14)22-23(2,19)20/h3,6-11,13,18H,4-5,12H2,1-2H3. The predicted molar refractivity (Wildman–Crippen MR) is 91.7 cm³/mol. The predicted octanol–water partition coefficient (Wildman–Crippen LogP) is 3.08. The van der Waals surface area contributed by atoms with Crippen molar-refractivity contribution in [1.29, 1.82) is 0 Å². The molecule has 0 aliphatic carbocycles. The zero-order chi connectivity index (χ0) is 16.7. The zero-order valence-electron chi connectivity index (χ0n) is 13.3. The number of anilines is 1. The van der Waals surface area contributed by atoms with Crippen LogP contribution in [0, 0.1) is 0 Å². The number of aryl methyl sites for hydroxylation is 1. The summed E-state index contributed by atoms with van der Waals surface area (Å²) in [5.41, 5.74) is 2.17. The first kappa shape index (κ1) is 17.1. The normalized spacial score (nSPS) is 11.0. The molecule has 2 aromatic carbocycles. The number of nitrogens with one attached hydrogen (secondary N) is 1. The minimum absolute atomic E-state index is 0.339. The summed E-state index contributed by atoms with van der Waals surface area (Å²) in [7, 11) is -1.82. The molecule has 124 valence electrons. The van der Waals surface area contributed by atoms with E-state index in [0.29, 0.717) is 5.75 Å². The highest BCUT2D eigenvalue weighted by molar-refractivity contribution is 7.86.